The Labute approximate surface area is 110 Å². The Kier molecular flexibility index (Phi) is 3.26. The highest BCUT2D eigenvalue weighted by Crippen LogP contribution is 2.18. The van der Waals surface area contributed by atoms with Gasteiger partial charge in [-0.3, -0.25) is 14.5 Å². The molecular formula is C10H12N6O2S. The highest BCUT2D eigenvalue weighted by atomic mass is 32.2. The average molecular weight is 280 g/mol. The van der Waals surface area contributed by atoms with Crippen LogP contribution in [0.25, 0.3) is 0 Å². The molecular weight excluding hydrogens is 268 g/mol. The Morgan fingerprint density at radius 2 is 2.21 bits per heavy atom. The van der Waals surface area contributed by atoms with Crippen LogP contribution in [-0.2, 0) is 10.0 Å². The number of nitriles is 1. The second kappa shape index (κ2) is 4.74. The summed E-state index contributed by atoms with van der Waals surface area (Å²) >= 11 is 0. The van der Waals surface area contributed by atoms with E-state index in [9.17, 15) is 8.42 Å². The van der Waals surface area contributed by atoms with E-state index in [1.165, 1.54) is 23.3 Å². The molecule has 0 aromatic carbocycles. The van der Waals surface area contributed by atoms with Crippen molar-refractivity contribution in [2.24, 2.45) is 0 Å². The minimum absolute atomic E-state index is 0.0336. The van der Waals surface area contributed by atoms with Gasteiger partial charge in [-0.1, -0.05) is 0 Å². The molecule has 0 saturated heterocycles. The number of nitrogens with zero attached hydrogens (tertiary/aromatic N) is 4. The molecule has 9 heteroatoms. The SMILES string of the molecule is CC(C)n1cc(S(=O)(=O)Nc2cn[nH]c2C#N)cn1. The number of sulfonamides is 1. The van der Waals surface area contributed by atoms with E-state index in [2.05, 4.69) is 20.0 Å². The Hall–Kier alpha value is -2.34. The van der Waals surface area contributed by atoms with E-state index in [1.54, 1.807) is 0 Å². The van der Waals surface area contributed by atoms with Crippen molar-refractivity contribution in [3.8, 4) is 6.07 Å². The highest BCUT2D eigenvalue weighted by Gasteiger charge is 2.19. The van der Waals surface area contributed by atoms with Gasteiger partial charge in [-0.05, 0) is 13.8 Å². The first-order valence-corrected chi connectivity index (χ1v) is 6.93. The molecule has 0 aliphatic heterocycles. The molecule has 0 fully saturated rings. The first-order valence-electron chi connectivity index (χ1n) is 5.44. The van der Waals surface area contributed by atoms with Gasteiger partial charge < -0.3 is 0 Å². The first kappa shape index (κ1) is 13.1. The van der Waals surface area contributed by atoms with E-state index >= 15 is 0 Å². The maximum atomic E-state index is 12.1. The van der Waals surface area contributed by atoms with Crippen molar-refractivity contribution in [3.63, 3.8) is 0 Å². The van der Waals surface area contributed by atoms with Gasteiger partial charge in [-0.25, -0.2) is 8.42 Å². The molecule has 0 spiro atoms. The summed E-state index contributed by atoms with van der Waals surface area (Å²) in [5.74, 6) is 0. The second-order valence-electron chi connectivity index (χ2n) is 4.13. The van der Waals surface area contributed by atoms with Crippen molar-refractivity contribution in [3.05, 3.63) is 24.3 Å². The molecule has 0 radical (unpaired) electrons. The van der Waals surface area contributed by atoms with Crippen LogP contribution < -0.4 is 4.72 Å². The summed E-state index contributed by atoms with van der Waals surface area (Å²) < 4.78 is 28.0. The molecule has 0 bridgehead atoms. The topological polar surface area (TPSA) is 116 Å². The van der Waals surface area contributed by atoms with Gasteiger partial charge in [0.1, 0.15) is 16.7 Å². The maximum Gasteiger partial charge on any atom is 0.265 e. The molecule has 0 saturated carbocycles. The molecule has 2 rings (SSSR count). The lowest BCUT2D eigenvalue weighted by atomic mass is 10.4. The maximum absolute atomic E-state index is 12.1. The minimum Gasteiger partial charge on any atom is -0.275 e. The van der Waals surface area contributed by atoms with Gasteiger partial charge in [0, 0.05) is 12.2 Å². The third kappa shape index (κ3) is 2.58. The van der Waals surface area contributed by atoms with Crippen molar-refractivity contribution < 1.29 is 8.42 Å². The van der Waals surface area contributed by atoms with Crippen molar-refractivity contribution in [1.82, 2.24) is 20.0 Å². The third-order valence-corrected chi connectivity index (χ3v) is 3.73. The minimum atomic E-state index is -3.77. The van der Waals surface area contributed by atoms with Crippen LogP contribution in [0.1, 0.15) is 25.6 Å². The molecule has 19 heavy (non-hydrogen) atoms. The van der Waals surface area contributed by atoms with Gasteiger partial charge in [0.05, 0.1) is 12.4 Å². The Balaban J connectivity index is 2.30. The van der Waals surface area contributed by atoms with Crippen LogP contribution in [-0.4, -0.2) is 28.4 Å². The lowest BCUT2D eigenvalue weighted by Gasteiger charge is -2.04. The predicted octanol–water partition coefficient (Wildman–Crippen LogP) is 0.860. The lowest BCUT2D eigenvalue weighted by Crippen LogP contribution is -2.12. The zero-order valence-corrected chi connectivity index (χ0v) is 11.1. The average Bonchev–Trinajstić information content (AvgIpc) is 2.95. The number of nitrogens with one attached hydrogen (secondary N) is 2. The smallest absolute Gasteiger partial charge is 0.265 e. The van der Waals surface area contributed by atoms with E-state index in [1.807, 2.05) is 19.9 Å². The summed E-state index contributed by atoms with van der Waals surface area (Å²) in [7, 11) is -3.77. The van der Waals surface area contributed by atoms with E-state index in [-0.39, 0.29) is 22.3 Å². The summed E-state index contributed by atoms with van der Waals surface area (Å²) in [6.07, 6.45) is 3.93. The summed E-state index contributed by atoms with van der Waals surface area (Å²) in [4.78, 5) is 0.0336. The van der Waals surface area contributed by atoms with Gasteiger partial charge in [0.25, 0.3) is 10.0 Å². The van der Waals surface area contributed by atoms with Crippen molar-refractivity contribution in [2.45, 2.75) is 24.8 Å². The fourth-order valence-corrected chi connectivity index (χ4v) is 2.39. The van der Waals surface area contributed by atoms with Crippen LogP contribution >= 0.6 is 0 Å². The third-order valence-electron chi connectivity index (χ3n) is 2.41. The summed E-state index contributed by atoms with van der Waals surface area (Å²) in [6.45, 7) is 3.78. The molecule has 2 heterocycles. The van der Waals surface area contributed by atoms with Crippen molar-refractivity contribution in [2.75, 3.05) is 4.72 Å². The standard InChI is InChI=1S/C10H12N6O2S/c1-7(2)16-6-8(4-13-16)19(17,18)15-10-5-12-14-9(10)3-11/h4-7,15H,1-2H3,(H,12,14). The van der Waals surface area contributed by atoms with Crippen LogP contribution in [0.3, 0.4) is 0 Å². The van der Waals surface area contributed by atoms with Gasteiger partial charge >= 0.3 is 0 Å². The second-order valence-corrected chi connectivity index (χ2v) is 5.81. The zero-order valence-electron chi connectivity index (χ0n) is 10.3. The number of aromatic amines is 1. The molecule has 100 valence electrons. The van der Waals surface area contributed by atoms with E-state index in [0.29, 0.717) is 0 Å². The molecule has 2 N–H and O–H groups in total. The quantitative estimate of drug-likeness (QED) is 0.861. The highest BCUT2D eigenvalue weighted by molar-refractivity contribution is 7.92. The van der Waals surface area contributed by atoms with Crippen LogP contribution in [0.2, 0.25) is 0 Å². The summed E-state index contributed by atoms with van der Waals surface area (Å²) in [5, 5.41) is 18.7. The summed E-state index contributed by atoms with van der Waals surface area (Å²) in [6, 6.07) is 1.87. The van der Waals surface area contributed by atoms with Gasteiger partial charge in [-0.2, -0.15) is 15.5 Å². The molecule has 8 nitrogen and oxygen atoms in total. The van der Waals surface area contributed by atoms with E-state index < -0.39 is 10.0 Å². The van der Waals surface area contributed by atoms with Gasteiger partial charge in [0.15, 0.2) is 5.69 Å². The number of hydrogen-bond acceptors (Lipinski definition) is 5. The van der Waals surface area contributed by atoms with Crippen LogP contribution in [0.4, 0.5) is 5.69 Å². The van der Waals surface area contributed by atoms with Crippen LogP contribution in [0, 0.1) is 11.3 Å². The number of H-pyrrole nitrogens is 1. The number of anilines is 1. The van der Waals surface area contributed by atoms with Crippen LogP contribution in [0.15, 0.2) is 23.5 Å². The lowest BCUT2D eigenvalue weighted by molar-refractivity contribution is 0.531. The molecule has 0 aliphatic rings. The Morgan fingerprint density at radius 3 is 2.79 bits per heavy atom. The fourth-order valence-electron chi connectivity index (χ4n) is 1.39. The molecule has 2 aromatic heterocycles. The van der Waals surface area contributed by atoms with E-state index in [0.717, 1.165) is 0 Å². The molecule has 0 aliphatic carbocycles. The molecule has 0 atom stereocenters. The number of aromatic nitrogens is 4. The molecule has 0 unspecified atom stereocenters. The zero-order chi connectivity index (χ0) is 14.0. The largest absolute Gasteiger partial charge is 0.275 e. The predicted molar refractivity (Wildman–Crippen MR) is 66.7 cm³/mol. The molecule has 2 aromatic rings. The van der Waals surface area contributed by atoms with Gasteiger partial charge in [0.2, 0.25) is 0 Å². The Bertz CT molecular complexity index is 721. The monoisotopic (exact) mass is 280 g/mol. The Morgan fingerprint density at radius 1 is 1.47 bits per heavy atom. The van der Waals surface area contributed by atoms with Gasteiger partial charge in [-0.15, -0.1) is 0 Å². The van der Waals surface area contributed by atoms with Crippen molar-refractivity contribution >= 4 is 15.7 Å². The molecule has 0 amide bonds. The number of hydrogen-bond donors (Lipinski definition) is 2. The summed E-state index contributed by atoms with van der Waals surface area (Å²) in [5.41, 5.74) is 0.166. The number of rotatable bonds is 4. The normalized spacial score (nSPS) is 11.5. The first-order chi connectivity index (χ1) is 8.94. The fraction of sp³-hybridized carbons (Fsp3) is 0.300. The van der Waals surface area contributed by atoms with E-state index in [4.69, 9.17) is 5.26 Å². The van der Waals surface area contributed by atoms with Crippen LogP contribution in [0.5, 0.6) is 0 Å². The van der Waals surface area contributed by atoms with Crippen molar-refractivity contribution in [1.29, 1.82) is 5.26 Å².